The van der Waals surface area contributed by atoms with Crippen LogP contribution >= 0.6 is 11.3 Å². The monoisotopic (exact) mass is 302 g/mol. The summed E-state index contributed by atoms with van der Waals surface area (Å²) in [7, 11) is 0. The van der Waals surface area contributed by atoms with Crippen LogP contribution in [0.1, 0.15) is 29.6 Å². The molecule has 2 rings (SSSR count). The number of rotatable bonds is 6. The van der Waals surface area contributed by atoms with Crippen molar-refractivity contribution in [1.82, 2.24) is 4.98 Å². The smallest absolute Gasteiger partial charge is 0.193 e. The molecular formula is C16H22N4S. The zero-order valence-corrected chi connectivity index (χ0v) is 13.4. The van der Waals surface area contributed by atoms with E-state index in [2.05, 4.69) is 39.7 Å². The van der Waals surface area contributed by atoms with E-state index in [0.717, 1.165) is 30.6 Å². The summed E-state index contributed by atoms with van der Waals surface area (Å²) in [5.41, 5.74) is 9.28. The van der Waals surface area contributed by atoms with Gasteiger partial charge in [-0.2, -0.15) is 0 Å². The van der Waals surface area contributed by atoms with Gasteiger partial charge in [0.1, 0.15) is 0 Å². The van der Waals surface area contributed by atoms with Crippen molar-refractivity contribution >= 4 is 23.0 Å². The number of hydrogen-bond donors (Lipinski definition) is 2. The highest BCUT2D eigenvalue weighted by molar-refractivity contribution is 7.09. The Labute approximate surface area is 130 Å². The summed E-state index contributed by atoms with van der Waals surface area (Å²) in [5.74, 6) is 0.471. The number of aliphatic imine (C=N–C) groups is 1. The second kappa shape index (κ2) is 7.78. The van der Waals surface area contributed by atoms with E-state index in [-0.39, 0.29) is 0 Å². The number of benzene rings is 1. The van der Waals surface area contributed by atoms with Crippen LogP contribution in [0.3, 0.4) is 0 Å². The molecule has 0 aliphatic carbocycles. The van der Waals surface area contributed by atoms with Crippen molar-refractivity contribution in [2.24, 2.45) is 10.7 Å². The Morgan fingerprint density at radius 1 is 1.43 bits per heavy atom. The molecule has 5 heteroatoms. The van der Waals surface area contributed by atoms with Gasteiger partial charge >= 0.3 is 0 Å². The van der Waals surface area contributed by atoms with Gasteiger partial charge in [0.05, 0.1) is 5.01 Å². The van der Waals surface area contributed by atoms with Gasteiger partial charge in [0, 0.05) is 29.7 Å². The molecule has 21 heavy (non-hydrogen) atoms. The van der Waals surface area contributed by atoms with Gasteiger partial charge < -0.3 is 11.1 Å². The molecule has 4 nitrogen and oxygen atoms in total. The quantitative estimate of drug-likeness (QED) is 0.488. The summed E-state index contributed by atoms with van der Waals surface area (Å²) < 4.78 is 0. The number of nitrogens with one attached hydrogen (secondary N) is 1. The van der Waals surface area contributed by atoms with E-state index in [1.807, 2.05) is 19.1 Å². The van der Waals surface area contributed by atoms with Crippen LogP contribution in [0, 0.1) is 6.92 Å². The zero-order chi connectivity index (χ0) is 15.1. The maximum atomic E-state index is 5.91. The Morgan fingerprint density at radius 2 is 2.29 bits per heavy atom. The van der Waals surface area contributed by atoms with Gasteiger partial charge in [-0.25, -0.2) is 4.98 Å². The minimum Gasteiger partial charge on any atom is -0.370 e. The van der Waals surface area contributed by atoms with Crippen molar-refractivity contribution in [3.8, 4) is 0 Å². The predicted octanol–water partition coefficient (Wildman–Crippen LogP) is 3.37. The van der Waals surface area contributed by atoms with Crippen molar-refractivity contribution in [1.29, 1.82) is 0 Å². The first kappa shape index (κ1) is 15.5. The van der Waals surface area contributed by atoms with E-state index in [4.69, 9.17) is 5.73 Å². The number of hydrogen-bond acceptors (Lipinski definition) is 3. The fourth-order valence-corrected chi connectivity index (χ4v) is 2.82. The lowest BCUT2D eigenvalue weighted by Gasteiger charge is -2.07. The van der Waals surface area contributed by atoms with E-state index >= 15 is 0 Å². The summed E-state index contributed by atoms with van der Waals surface area (Å²) in [5, 5.41) is 6.38. The van der Waals surface area contributed by atoms with Crippen molar-refractivity contribution in [2.45, 2.75) is 33.1 Å². The molecule has 0 radical (unpaired) electrons. The van der Waals surface area contributed by atoms with E-state index < -0.39 is 0 Å². The first-order valence-corrected chi connectivity index (χ1v) is 8.12. The third kappa shape index (κ3) is 5.19. The van der Waals surface area contributed by atoms with E-state index in [1.165, 1.54) is 10.6 Å². The second-order valence-electron chi connectivity index (χ2n) is 4.93. The average molecular weight is 302 g/mol. The largest absolute Gasteiger partial charge is 0.370 e. The van der Waals surface area contributed by atoms with Gasteiger partial charge in [-0.1, -0.05) is 19.1 Å². The summed E-state index contributed by atoms with van der Waals surface area (Å²) in [6.07, 6.45) is 2.94. The Kier molecular flexibility index (Phi) is 5.75. The number of thiazole rings is 1. The van der Waals surface area contributed by atoms with E-state index in [9.17, 15) is 0 Å². The third-order valence-electron chi connectivity index (χ3n) is 3.11. The summed E-state index contributed by atoms with van der Waals surface area (Å²) >= 11 is 1.71. The first-order chi connectivity index (χ1) is 10.2. The van der Waals surface area contributed by atoms with Crippen molar-refractivity contribution in [3.63, 3.8) is 0 Å². The minimum absolute atomic E-state index is 0.471. The highest BCUT2D eigenvalue weighted by atomic mass is 32.1. The van der Waals surface area contributed by atoms with Crippen LogP contribution in [-0.2, 0) is 12.8 Å². The molecule has 2 aromatic rings. The van der Waals surface area contributed by atoms with Crippen molar-refractivity contribution < 1.29 is 0 Å². The lowest BCUT2D eigenvalue weighted by Crippen LogP contribution is -2.23. The van der Waals surface area contributed by atoms with E-state index in [1.54, 1.807) is 11.3 Å². The normalized spacial score (nSPS) is 11.6. The standard InChI is InChI=1S/C16H22N4S/c1-3-13-6-4-7-14(10-13)20-16(17)18-9-5-8-15-19-12(2)11-21-15/h4,6-7,10-11H,3,5,8-9H2,1-2H3,(H3,17,18,20). The number of aryl methyl sites for hydroxylation is 3. The number of aromatic nitrogens is 1. The summed E-state index contributed by atoms with van der Waals surface area (Å²) in [4.78, 5) is 8.79. The van der Waals surface area contributed by atoms with Crippen LogP contribution < -0.4 is 11.1 Å². The molecule has 0 bridgehead atoms. The number of anilines is 1. The van der Waals surface area contributed by atoms with Gasteiger partial charge in [-0.05, 0) is 37.5 Å². The summed E-state index contributed by atoms with van der Waals surface area (Å²) in [6, 6.07) is 8.23. The maximum absolute atomic E-state index is 5.91. The van der Waals surface area contributed by atoms with E-state index in [0.29, 0.717) is 12.5 Å². The molecule has 0 saturated carbocycles. The molecule has 0 unspecified atom stereocenters. The summed E-state index contributed by atoms with van der Waals surface area (Å²) in [6.45, 7) is 4.87. The molecule has 0 fully saturated rings. The Hall–Kier alpha value is -1.88. The number of nitrogens with two attached hydrogens (primary N) is 1. The molecule has 0 aliphatic heterocycles. The molecule has 3 N–H and O–H groups in total. The van der Waals surface area contributed by atoms with Crippen LogP contribution in [0.25, 0.3) is 0 Å². The molecule has 1 aromatic heterocycles. The predicted molar refractivity (Wildman–Crippen MR) is 91.1 cm³/mol. The molecule has 0 atom stereocenters. The maximum Gasteiger partial charge on any atom is 0.193 e. The molecule has 1 aromatic carbocycles. The molecule has 0 aliphatic rings. The van der Waals surface area contributed by atoms with Crippen LogP contribution in [0.2, 0.25) is 0 Å². The molecule has 0 saturated heterocycles. The van der Waals surface area contributed by atoms with Crippen molar-refractivity contribution in [3.05, 3.63) is 45.9 Å². The fraction of sp³-hybridized carbons (Fsp3) is 0.375. The zero-order valence-electron chi connectivity index (χ0n) is 12.6. The van der Waals surface area contributed by atoms with Crippen molar-refractivity contribution in [2.75, 3.05) is 11.9 Å². The van der Waals surface area contributed by atoms with Gasteiger partial charge in [0.2, 0.25) is 0 Å². The minimum atomic E-state index is 0.471. The number of guanidine groups is 1. The van der Waals surface area contributed by atoms with Crippen LogP contribution in [0.15, 0.2) is 34.6 Å². The fourth-order valence-electron chi connectivity index (χ4n) is 2.00. The lowest BCUT2D eigenvalue weighted by molar-refractivity contribution is 0.823. The van der Waals surface area contributed by atoms with Gasteiger partial charge in [-0.15, -0.1) is 11.3 Å². The van der Waals surface area contributed by atoms with Crippen LogP contribution in [-0.4, -0.2) is 17.5 Å². The molecule has 0 spiro atoms. The Bertz CT molecular complexity index is 604. The van der Waals surface area contributed by atoms with Gasteiger partial charge in [-0.3, -0.25) is 4.99 Å². The van der Waals surface area contributed by atoms with Gasteiger partial charge in [0.25, 0.3) is 0 Å². The van der Waals surface area contributed by atoms with Crippen LogP contribution in [0.5, 0.6) is 0 Å². The molecule has 1 heterocycles. The van der Waals surface area contributed by atoms with Gasteiger partial charge in [0.15, 0.2) is 5.96 Å². The molecule has 0 amide bonds. The first-order valence-electron chi connectivity index (χ1n) is 7.24. The third-order valence-corrected chi connectivity index (χ3v) is 4.13. The molecule has 112 valence electrons. The topological polar surface area (TPSA) is 63.3 Å². The average Bonchev–Trinajstić information content (AvgIpc) is 2.89. The Morgan fingerprint density at radius 3 is 3.00 bits per heavy atom. The highest BCUT2D eigenvalue weighted by Crippen LogP contribution is 2.12. The lowest BCUT2D eigenvalue weighted by atomic mass is 10.1. The second-order valence-corrected chi connectivity index (χ2v) is 5.87. The molecular weight excluding hydrogens is 280 g/mol. The Balaban J connectivity index is 1.78. The highest BCUT2D eigenvalue weighted by Gasteiger charge is 1.99. The SMILES string of the molecule is CCc1cccc(NC(N)=NCCCc2nc(C)cs2)c1. The van der Waals surface area contributed by atoms with Crippen LogP contribution in [0.4, 0.5) is 5.69 Å². The number of nitrogens with zero attached hydrogens (tertiary/aromatic N) is 2.